The molecule has 0 aliphatic heterocycles. The van der Waals surface area contributed by atoms with Gasteiger partial charge in [0.2, 0.25) is 0 Å². The molecule has 4 rings (SSSR count). The average molecular weight is 1080 g/mol. The number of nitriles is 2. The summed E-state index contributed by atoms with van der Waals surface area (Å²) in [5.74, 6) is 0. The molecule has 17 heteroatoms. The molecule has 0 saturated heterocycles. The first-order chi connectivity index (χ1) is 36.2. The van der Waals surface area contributed by atoms with Crippen molar-refractivity contribution in [2.75, 3.05) is 26.2 Å². The quantitative estimate of drug-likeness (QED) is 0.0325. The summed E-state index contributed by atoms with van der Waals surface area (Å²) in [6.45, 7) is 20.4. The molecule has 0 fully saturated rings. The van der Waals surface area contributed by atoms with Crippen LogP contribution in [-0.4, -0.2) is 100 Å². The molecule has 0 aliphatic rings. The number of ether oxygens (including phenoxy) is 4. The molecule has 5 N–H and O–H groups in total. The van der Waals surface area contributed by atoms with Gasteiger partial charge in [-0.25, -0.2) is 19.2 Å². The van der Waals surface area contributed by atoms with E-state index in [9.17, 15) is 29.4 Å². The van der Waals surface area contributed by atoms with Crippen LogP contribution in [0.5, 0.6) is 0 Å². The largest absolute Gasteiger partial charge is 0.449 e. The van der Waals surface area contributed by atoms with E-state index in [1.165, 1.54) is 4.90 Å². The Hall–Kier alpha value is -6.69. The lowest BCUT2D eigenvalue weighted by molar-refractivity contribution is 0.0278. The Bertz CT molecular complexity index is 2400. The van der Waals surface area contributed by atoms with Crippen LogP contribution >= 0.6 is 11.6 Å². The fraction of sp³-hybridized carbons (Fsp3) is 0.500. The van der Waals surface area contributed by atoms with Gasteiger partial charge in [-0.05, 0) is 100 Å². The van der Waals surface area contributed by atoms with Crippen molar-refractivity contribution < 1.29 is 48.3 Å². The van der Waals surface area contributed by atoms with E-state index < -0.39 is 64.6 Å². The number of nitrogens with one attached hydrogen (secondary N) is 3. The van der Waals surface area contributed by atoms with Gasteiger partial charge in [0, 0.05) is 44.1 Å². The molecule has 4 atom stereocenters. The molecular formula is C60H83ClN6O10. The first-order valence-corrected chi connectivity index (χ1v) is 26.3. The SMILES string of the molecule is CC(C)(CCC#N)CN(CC(O)C(Cc1ccccc1)NC(=O)OC(C)(C)C)C(=O)OCc1ccccc1.CC(C)(CCC#N)CNCC(O)[C@H](Cc1ccccc1)NC(=O)OC(C)(C)C.O=C(Cl)OCc1ccccc1. The van der Waals surface area contributed by atoms with Gasteiger partial charge >= 0.3 is 23.7 Å². The Morgan fingerprint density at radius 3 is 1.34 bits per heavy atom. The summed E-state index contributed by atoms with van der Waals surface area (Å²) in [5.41, 5.74) is 1.21. The van der Waals surface area contributed by atoms with E-state index in [0.717, 1.165) is 28.7 Å². The number of aliphatic hydroxyl groups is 2. The average Bonchev–Trinajstić information content (AvgIpc) is 3.36. The van der Waals surface area contributed by atoms with Crippen LogP contribution < -0.4 is 16.0 Å². The molecule has 0 bridgehead atoms. The molecule has 0 radical (unpaired) electrons. The van der Waals surface area contributed by atoms with Crippen molar-refractivity contribution in [3.05, 3.63) is 144 Å². The maximum absolute atomic E-state index is 13.2. The minimum Gasteiger partial charge on any atom is -0.449 e. The van der Waals surface area contributed by atoms with E-state index in [-0.39, 0.29) is 31.7 Å². The van der Waals surface area contributed by atoms with E-state index in [1.807, 2.05) is 135 Å². The maximum Gasteiger partial charge on any atom is 0.410 e. The standard InChI is InChI=1S/C30H41N3O5.C22H35N3O3.C8H7ClO2/c1-29(2,3)38-27(35)32-25(19-23-13-8-6-9-14-23)26(34)20-33(22-30(4,5)17-12-18-31)28(36)37-21-24-15-10-7-11-16-24;1-21(2,3)28-20(27)25-18(14-17-10-7-6-8-11-17)19(26)15-24-16-22(4,5)12-9-13-23;9-8(10)11-6-7-4-2-1-3-5-7/h6-11,13-16,25-26,34H,12,17,19-22H2,1-5H3,(H,32,35);6-8,10-11,18-19,24,26H,9,12,14-16H2,1-5H3,(H,25,27);1-5H,6H2/t;18-,19?;/m.0./s1. The number of amides is 3. The Kier molecular flexibility index (Phi) is 29.5. The summed E-state index contributed by atoms with van der Waals surface area (Å²) in [7, 11) is 0. The topological polar surface area (TPSA) is 233 Å². The van der Waals surface area contributed by atoms with Gasteiger partial charge in [-0.15, -0.1) is 0 Å². The van der Waals surface area contributed by atoms with Gasteiger partial charge in [0.1, 0.15) is 24.4 Å². The van der Waals surface area contributed by atoms with Crippen molar-refractivity contribution in [3.63, 3.8) is 0 Å². The van der Waals surface area contributed by atoms with Gasteiger partial charge in [0.25, 0.3) is 0 Å². The van der Waals surface area contributed by atoms with Crippen LogP contribution in [-0.2, 0) is 45.0 Å². The van der Waals surface area contributed by atoms with Crippen LogP contribution in [0.1, 0.15) is 117 Å². The summed E-state index contributed by atoms with van der Waals surface area (Å²) in [5, 5.41) is 48.7. The number of nitrogens with zero attached hydrogens (tertiary/aromatic N) is 3. The van der Waals surface area contributed by atoms with Gasteiger partial charge in [-0.1, -0.05) is 149 Å². The second-order valence-electron chi connectivity index (χ2n) is 22.2. The monoisotopic (exact) mass is 1080 g/mol. The maximum atomic E-state index is 13.2. The van der Waals surface area contributed by atoms with Crippen molar-refractivity contribution in [1.29, 1.82) is 10.5 Å². The molecule has 16 nitrogen and oxygen atoms in total. The molecule has 4 aromatic carbocycles. The van der Waals surface area contributed by atoms with Crippen LogP contribution in [0.4, 0.5) is 19.2 Å². The fourth-order valence-corrected chi connectivity index (χ4v) is 7.53. The minimum atomic E-state index is -1.11. The number of benzene rings is 4. The highest BCUT2D eigenvalue weighted by atomic mass is 35.5. The van der Waals surface area contributed by atoms with Gasteiger partial charge in [0.05, 0.1) is 43.0 Å². The zero-order valence-corrected chi connectivity index (χ0v) is 47.5. The van der Waals surface area contributed by atoms with Crippen LogP contribution in [0, 0.1) is 33.5 Å². The summed E-state index contributed by atoms with van der Waals surface area (Å²) in [4.78, 5) is 49.7. The third kappa shape index (κ3) is 31.8. The Morgan fingerprint density at radius 1 is 0.571 bits per heavy atom. The second kappa shape index (κ2) is 34.2. The van der Waals surface area contributed by atoms with Crippen molar-refractivity contribution in [3.8, 4) is 12.1 Å². The highest BCUT2D eigenvalue weighted by Crippen LogP contribution is 2.25. The molecule has 0 heterocycles. The van der Waals surface area contributed by atoms with Crippen molar-refractivity contribution in [2.45, 2.75) is 156 Å². The Balaban J connectivity index is 0.000000452. The van der Waals surface area contributed by atoms with Gasteiger partial charge in [0.15, 0.2) is 0 Å². The lowest BCUT2D eigenvalue weighted by Gasteiger charge is -2.35. The number of carbonyl (C=O) groups excluding carboxylic acids is 4. The van der Waals surface area contributed by atoms with Crippen LogP contribution in [0.2, 0.25) is 0 Å². The van der Waals surface area contributed by atoms with Crippen LogP contribution in [0.25, 0.3) is 0 Å². The molecule has 0 aliphatic carbocycles. The molecule has 4 aromatic rings. The van der Waals surface area contributed by atoms with Gasteiger partial charge < -0.3 is 50.0 Å². The zero-order valence-electron chi connectivity index (χ0n) is 46.7. The first-order valence-electron chi connectivity index (χ1n) is 25.9. The van der Waals surface area contributed by atoms with E-state index >= 15 is 0 Å². The van der Waals surface area contributed by atoms with Crippen LogP contribution in [0.15, 0.2) is 121 Å². The molecule has 420 valence electrons. The third-order valence-corrected chi connectivity index (χ3v) is 11.5. The molecule has 3 unspecified atom stereocenters. The number of carbonyl (C=O) groups is 4. The van der Waals surface area contributed by atoms with Gasteiger partial charge in [-0.2, -0.15) is 10.5 Å². The Morgan fingerprint density at radius 2 is 0.948 bits per heavy atom. The van der Waals surface area contributed by atoms with Gasteiger partial charge in [-0.3, -0.25) is 0 Å². The summed E-state index contributed by atoms with van der Waals surface area (Å²) in [6.07, 6.45) is -0.596. The van der Waals surface area contributed by atoms with Crippen molar-refractivity contribution in [2.24, 2.45) is 10.8 Å². The highest BCUT2D eigenvalue weighted by Gasteiger charge is 2.32. The molecule has 0 aromatic heterocycles. The summed E-state index contributed by atoms with van der Waals surface area (Å²) >= 11 is 4.97. The van der Waals surface area contributed by atoms with Crippen molar-refractivity contribution >= 4 is 35.3 Å². The first kappa shape index (κ1) is 66.4. The molecule has 0 saturated carbocycles. The Labute approximate surface area is 462 Å². The van der Waals surface area contributed by atoms with E-state index in [2.05, 4.69) is 46.7 Å². The summed E-state index contributed by atoms with van der Waals surface area (Å²) < 4.78 is 20.9. The third-order valence-electron chi connectivity index (χ3n) is 11.4. The lowest BCUT2D eigenvalue weighted by Crippen LogP contribution is -2.52. The zero-order chi connectivity index (χ0) is 57.5. The number of hydrogen-bond donors (Lipinski definition) is 5. The predicted molar refractivity (Wildman–Crippen MR) is 299 cm³/mol. The number of halogens is 1. The van der Waals surface area contributed by atoms with E-state index in [1.54, 1.807) is 41.5 Å². The van der Waals surface area contributed by atoms with Crippen molar-refractivity contribution in [1.82, 2.24) is 20.9 Å². The van der Waals surface area contributed by atoms with Crippen LogP contribution in [0.3, 0.4) is 0 Å². The minimum absolute atomic E-state index is 0.0387. The summed E-state index contributed by atoms with van der Waals surface area (Å²) in [6, 6.07) is 41.0. The second-order valence-corrected chi connectivity index (χ2v) is 22.5. The number of rotatable bonds is 24. The lowest BCUT2D eigenvalue weighted by atomic mass is 9.87. The number of hydrogen-bond acceptors (Lipinski definition) is 13. The molecule has 3 amide bonds. The predicted octanol–water partition coefficient (Wildman–Crippen LogP) is 11.4. The van der Waals surface area contributed by atoms with E-state index in [4.69, 9.17) is 36.3 Å². The van der Waals surface area contributed by atoms with E-state index in [0.29, 0.717) is 45.2 Å². The number of alkyl carbamates (subject to hydrolysis) is 2. The molecular weight excluding hydrogens is 1000 g/mol. The number of aliphatic hydroxyl groups excluding tert-OH is 2. The normalized spacial score (nSPS) is 12.9. The highest BCUT2D eigenvalue weighted by molar-refractivity contribution is 6.61. The molecule has 0 spiro atoms. The fourth-order valence-electron chi connectivity index (χ4n) is 7.48. The molecule has 77 heavy (non-hydrogen) atoms. The smallest absolute Gasteiger partial charge is 0.410 e.